The van der Waals surface area contributed by atoms with Crippen LogP contribution in [-0.2, 0) is 4.53 Å². The first-order valence-electron chi connectivity index (χ1n) is 3.67. The first kappa shape index (κ1) is 13.7. The van der Waals surface area contributed by atoms with Crippen LogP contribution in [0.3, 0.4) is 0 Å². The lowest BCUT2D eigenvalue weighted by molar-refractivity contribution is 0.190. The predicted molar refractivity (Wildman–Crippen MR) is 54.3 cm³/mol. The molecule has 0 fully saturated rings. The van der Waals surface area contributed by atoms with E-state index in [0.29, 0.717) is 0 Å². The van der Waals surface area contributed by atoms with Crippen LogP contribution in [0, 0.1) is 0 Å². The van der Waals surface area contributed by atoms with Gasteiger partial charge in [-0.05, 0) is 19.5 Å². The van der Waals surface area contributed by atoms with Crippen LogP contribution < -0.4 is 5.48 Å². The lowest BCUT2D eigenvalue weighted by Crippen LogP contribution is -2.35. The van der Waals surface area contributed by atoms with Crippen molar-refractivity contribution in [3.05, 3.63) is 12.3 Å². The Kier molecular flexibility index (Phi) is 8.56. The van der Waals surface area contributed by atoms with Gasteiger partial charge in [-0.15, -0.1) is 19.0 Å². The maximum atomic E-state index is 5.39. The van der Waals surface area contributed by atoms with Crippen molar-refractivity contribution in [2.45, 2.75) is 26.4 Å². The highest BCUT2D eigenvalue weighted by Gasteiger charge is 2.16. The van der Waals surface area contributed by atoms with Crippen LogP contribution in [-0.4, -0.2) is 14.9 Å². The molecule has 0 saturated carbocycles. The number of halogens is 1. The predicted octanol–water partition coefficient (Wildman–Crippen LogP) is 2.27. The molecule has 68 valence electrons. The molecule has 0 aliphatic carbocycles. The molecule has 0 amide bonds. The highest BCUT2D eigenvalue weighted by Crippen LogP contribution is 2.01. The van der Waals surface area contributed by atoms with E-state index in [-0.39, 0.29) is 12.4 Å². The first-order valence-corrected chi connectivity index (χ1v) is 6.65. The minimum atomic E-state index is -1.56. The fraction of sp³-hybridized carbons (Fsp3) is 0.714. The second kappa shape index (κ2) is 6.85. The van der Waals surface area contributed by atoms with Crippen molar-refractivity contribution in [1.82, 2.24) is 5.48 Å². The van der Waals surface area contributed by atoms with Gasteiger partial charge in [0.2, 0.25) is 8.32 Å². The van der Waals surface area contributed by atoms with E-state index in [1.807, 2.05) is 5.70 Å². The van der Waals surface area contributed by atoms with Gasteiger partial charge in [-0.3, -0.25) is 0 Å². The number of rotatable bonds is 5. The summed E-state index contributed by atoms with van der Waals surface area (Å²) in [6.07, 6.45) is 1.10. The topological polar surface area (TPSA) is 21.3 Å². The summed E-state index contributed by atoms with van der Waals surface area (Å²) in [6, 6.07) is 0. The fourth-order valence-corrected chi connectivity index (χ4v) is 0.938. The Bertz CT molecular complexity index is 109. The zero-order valence-electron chi connectivity index (χ0n) is 7.52. The maximum Gasteiger partial charge on any atom is 0.237 e. The molecule has 0 aliphatic heterocycles. The van der Waals surface area contributed by atoms with Gasteiger partial charge in [-0.25, -0.2) is 5.48 Å². The second-order valence-electron chi connectivity index (χ2n) is 2.80. The zero-order chi connectivity index (χ0) is 8.04. The molecule has 0 saturated heterocycles. The van der Waals surface area contributed by atoms with E-state index in [2.05, 4.69) is 32.1 Å². The quantitative estimate of drug-likeness (QED) is 0.413. The van der Waals surface area contributed by atoms with Crippen LogP contribution in [0.15, 0.2) is 12.3 Å². The van der Waals surface area contributed by atoms with Crippen molar-refractivity contribution in [2.24, 2.45) is 0 Å². The summed E-state index contributed by atoms with van der Waals surface area (Å²) in [4.78, 5) is 0. The molecule has 0 rings (SSSR count). The molecule has 4 heteroatoms. The summed E-state index contributed by atoms with van der Waals surface area (Å²) >= 11 is 0. The van der Waals surface area contributed by atoms with Crippen LogP contribution in [0.5, 0.6) is 0 Å². The van der Waals surface area contributed by atoms with Gasteiger partial charge in [-0.1, -0.05) is 12.6 Å². The molecule has 0 radical (unpaired) electrons. The van der Waals surface area contributed by atoms with Gasteiger partial charge in [0.25, 0.3) is 0 Å². The third kappa shape index (κ3) is 8.07. The van der Waals surface area contributed by atoms with Crippen LogP contribution in [0.2, 0.25) is 13.1 Å². The molecule has 0 aliphatic rings. The second-order valence-corrected chi connectivity index (χ2v) is 6.62. The molecule has 0 unspecified atom stereocenters. The summed E-state index contributed by atoms with van der Waals surface area (Å²) in [5.41, 5.74) is 4.83. The standard InChI is InChI=1S/C7H17NOSi.ClH/c1-5-7-8-9-10(3,4)6-2;/h6,8H,2,5,7H2,1,3-4H3;1H. The Morgan fingerprint density at radius 1 is 1.55 bits per heavy atom. The Labute approximate surface area is 76.5 Å². The first-order chi connectivity index (χ1) is 4.62. The molecule has 0 aromatic carbocycles. The van der Waals surface area contributed by atoms with Crippen LogP contribution in [0.4, 0.5) is 0 Å². The van der Waals surface area contributed by atoms with Crippen LogP contribution in [0.25, 0.3) is 0 Å². The summed E-state index contributed by atoms with van der Waals surface area (Å²) in [6.45, 7) is 10.9. The van der Waals surface area contributed by atoms with E-state index >= 15 is 0 Å². The smallest absolute Gasteiger partial charge is 0.237 e. The lowest BCUT2D eigenvalue weighted by atomic mass is 10.5. The summed E-state index contributed by atoms with van der Waals surface area (Å²) in [7, 11) is -1.56. The van der Waals surface area contributed by atoms with Gasteiger partial charge in [-0.2, -0.15) is 0 Å². The molecule has 0 aromatic rings. The van der Waals surface area contributed by atoms with E-state index in [1.165, 1.54) is 0 Å². The maximum absolute atomic E-state index is 5.39. The van der Waals surface area contributed by atoms with Crippen molar-refractivity contribution in [2.75, 3.05) is 6.54 Å². The van der Waals surface area contributed by atoms with Crippen molar-refractivity contribution < 1.29 is 4.53 Å². The normalized spacial score (nSPS) is 10.5. The van der Waals surface area contributed by atoms with E-state index in [9.17, 15) is 0 Å². The molecule has 11 heavy (non-hydrogen) atoms. The minimum absolute atomic E-state index is 0. The van der Waals surface area contributed by atoms with Gasteiger partial charge in [0.05, 0.1) is 0 Å². The summed E-state index contributed by atoms with van der Waals surface area (Å²) in [5, 5.41) is 0. The van der Waals surface area contributed by atoms with E-state index in [4.69, 9.17) is 4.53 Å². The van der Waals surface area contributed by atoms with Crippen molar-refractivity contribution in [1.29, 1.82) is 0 Å². The Balaban J connectivity index is 0. The Morgan fingerprint density at radius 3 is 2.45 bits per heavy atom. The highest BCUT2D eigenvalue weighted by molar-refractivity contribution is 6.76. The SMILES string of the molecule is C=C[Si](C)(C)ONCCC.Cl. The van der Waals surface area contributed by atoms with Gasteiger partial charge in [0, 0.05) is 6.54 Å². The molecule has 0 atom stereocenters. The van der Waals surface area contributed by atoms with Gasteiger partial charge < -0.3 is 4.53 Å². The molecule has 1 N–H and O–H groups in total. The number of hydrogen-bond acceptors (Lipinski definition) is 2. The third-order valence-electron chi connectivity index (χ3n) is 1.18. The number of hydroxylamine groups is 1. The largest absolute Gasteiger partial charge is 0.341 e. The summed E-state index contributed by atoms with van der Waals surface area (Å²) < 4.78 is 5.39. The average Bonchev–Trinajstić information content (AvgIpc) is 1.89. The van der Waals surface area contributed by atoms with Crippen molar-refractivity contribution in [3.8, 4) is 0 Å². The van der Waals surface area contributed by atoms with Crippen molar-refractivity contribution >= 4 is 20.7 Å². The number of hydrogen-bond donors (Lipinski definition) is 1. The summed E-state index contributed by atoms with van der Waals surface area (Å²) in [5.74, 6) is 0. The molecule has 0 aromatic heterocycles. The molecular weight excluding hydrogens is 178 g/mol. The van der Waals surface area contributed by atoms with Gasteiger partial charge >= 0.3 is 0 Å². The Morgan fingerprint density at radius 2 is 2.09 bits per heavy atom. The average molecular weight is 196 g/mol. The Hall–Kier alpha value is 0.167. The monoisotopic (exact) mass is 195 g/mol. The number of nitrogens with one attached hydrogen (secondary N) is 1. The van der Waals surface area contributed by atoms with Crippen LogP contribution in [0.1, 0.15) is 13.3 Å². The van der Waals surface area contributed by atoms with E-state index in [1.54, 1.807) is 0 Å². The van der Waals surface area contributed by atoms with Gasteiger partial charge in [0.15, 0.2) is 0 Å². The molecule has 0 bridgehead atoms. The molecule has 0 heterocycles. The zero-order valence-corrected chi connectivity index (χ0v) is 9.33. The van der Waals surface area contributed by atoms with E-state index < -0.39 is 8.32 Å². The van der Waals surface area contributed by atoms with Crippen molar-refractivity contribution in [3.63, 3.8) is 0 Å². The van der Waals surface area contributed by atoms with Gasteiger partial charge in [0.1, 0.15) is 0 Å². The highest BCUT2D eigenvalue weighted by atomic mass is 35.5. The molecular formula is C7H18ClNOSi. The lowest BCUT2D eigenvalue weighted by Gasteiger charge is -2.17. The van der Waals surface area contributed by atoms with E-state index in [0.717, 1.165) is 13.0 Å². The van der Waals surface area contributed by atoms with Crippen LogP contribution >= 0.6 is 12.4 Å². The fourth-order valence-electron chi connectivity index (χ4n) is 0.381. The molecule has 0 spiro atoms. The third-order valence-corrected chi connectivity index (χ3v) is 2.83. The minimum Gasteiger partial charge on any atom is -0.341 e. The molecule has 2 nitrogen and oxygen atoms in total.